The maximum atomic E-state index is 12.9. The Bertz CT molecular complexity index is 317. The Morgan fingerprint density at radius 3 is 2.93 bits per heavy atom. The predicted octanol–water partition coefficient (Wildman–Crippen LogP) is 3.05. The maximum absolute atomic E-state index is 12.9. The molecule has 1 unspecified atom stereocenters. The van der Waals surface area contributed by atoms with Gasteiger partial charge < -0.3 is 9.84 Å². The molecule has 0 aliphatic heterocycles. The molecule has 1 aromatic rings. The normalized spacial score (nSPS) is 12.8. The van der Waals surface area contributed by atoms with Crippen LogP contribution in [0.4, 0.5) is 4.39 Å². The van der Waals surface area contributed by atoms with Crippen molar-refractivity contribution in [3.05, 3.63) is 34.1 Å². The van der Waals surface area contributed by atoms with E-state index in [9.17, 15) is 9.50 Å². The second-order valence-electron chi connectivity index (χ2n) is 3.26. The van der Waals surface area contributed by atoms with Crippen LogP contribution >= 0.6 is 15.9 Å². The van der Waals surface area contributed by atoms with Crippen LogP contribution in [0, 0.1) is 5.82 Å². The molecule has 0 saturated heterocycles. The van der Waals surface area contributed by atoms with Crippen molar-refractivity contribution >= 4 is 15.9 Å². The van der Waals surface area contributed by atoms with Crippen LogP contribution in [0.2, 0.25) is 0 Å². The number of hydrogen-bond donors (Lipinski definition) is 1. The van der Waals surface area contributed by atoms with Crippen LogP contribution in [0.3, 0.4) is 0 Å². The fourth-order valence-corrected chi connectivity index (χ4v) is 1.71. The molecule has 0 aliphatic carbocycles. The van der Waals surface area contributed by atoms with Crippen molar-refractivity contribution in [3.63, 3.8) is 0 Å². The molecule has 1 rings (SSSR count). The summed E-state index contributed by atoms with van der Waals surface area (Å²) in [5.41, 5.74) is 0.520. The number of hydrogen-bond acceptors (Lipinski definition) is 2. The lowest BCUT2D eigenvalue weighted by Gasteiger charge is -2.13. The summed E-state index contributed by atoms with van der Waals surface area (Å²) >= 11 is 3.26. The van der Waals surface area contributed by atoms with E-state index in [2.05, 4.69) is 15.9 Å². The van der Waals surface area contributed by atoms with Gasteiger partial charge in [0.25, 0.3) is 0 Å². The van der Waals surface area contributed by atoms with E-state index in [1.165, 1.54) is 12.1 Å². The van der Waals surface area contributed by atoms with Gasteiger partial charge in [-0.25, -0.2) is 4.39 Å². The zero-order valence-electron chi connectivity index (χ0n) is 8.54. The van der Waals surface area contributed by atoms with Crippen LogP contribution in [0.1, 0.15) is 25.0 Å². The van der Waals surface area contributed by atoms with Crippen molar-refractivity contribution in [3.8, 4) is 0 Å². The molecule has 0 aromatic heterocycles. The molecule has 1 N–H and O–H groups in total. The van der Waals surface area contributed by atoms with E-state index >= 15 is 0 Å². The molecule has 0 spiro atoms. The summed E-state index contributed by atoms with van der Waals surface area (Å²) in [5.74, 6) is -0.359. The van der Waals surface area contributed by atoms with Crippen LogP contribution < -0.4 is 0 Å². The Labute approximate surface area is 97.2 Å². The molecule has 0 heterocycles. The van der Waals surface area contributed by atoms with Gasteiger partial charge in [-0.05, 0) is 30.2 Å². The molecule has 15 heavy (non-hydrogen) atoms. The molecular weight excluding hydrogens is 263 g/mol. The van der Waals surface area contributed by atoms with Crippen molar-refractivity contribution < 1.29 is 14.2 Å². The lowest BCUT2D eigenvalue weighted by Crippen LogP contribution is -2.08. The van der Waals surface area contributed by atoms with Crippen molar-refractivity contribution in [2.45, 2.75) is 19.4 Å². The zero-order chi connectivity index (χ0) is 11.3. The zero-order valence-corrected chi connectivity index (χ0v) is 10.1. The standard InChI is InChI=1S/C11H14BrFO2/c1-2-5-15-7-11(14)9-6-8(13)3-4-10(9)12/h3-4,6,11,14H,2,5,7H2,1H3. The van der Waals surface area contributed by atoms with Gasteiger partial charge in [0.2, 0.25) is 0 Å². The molecule has 4 heteroatoms. The van der Waals surface area contributed by atoms with E-state index < -0.39 is 6.10 Å². The molecule has 0 amide bonds. The van der Waals surface area contributed by atoms with Crippen LogP contribution in [0.15, 0.2) is 22.7 Å². The molecular formula is C11H14BrFO2. The second kappa shape index (κ2) is 6.20. The summed E-state index contributed by atoms with van der Waals surface area (Å²) in [7, 11) is 0. The first kappa shape index (κ1) is 12.6. The Balaban J connectivity index is 2.64. The molecule has 1 aromatic carbocycles. The van der Waals surface area contributed by atoms with E-state index in [0.717, 1.165) is 6.42 Å². The number of ether oxygens (including phenoxy) is 1. The van der Waals surface area contributed by atoms with Gasteiger partial charge in [-0.1, -0.05) is 22.9 Å². The maximum Gasteiger partial charge on any atom is 0.123 e. The summed E-state index contributed by atoms with van der Waals surface area (Å²) in [5, 5.41) is 9.73. The summed E-state index contributed by atoms with van der Waals surface area (Å²) in [6, 6.07) is 4.23. The van der Waals surface area contributed by atoms with Gasteiger partial charge in [0.1, 0.15) is 11.9 Å². The van der Waals surface area contributed by atoms with Gasteiger partial charge >= 0.3 is 0 Å². The second-order valence-corrected chi connectivity index (χ2v) is 4.11. The third-order valence-electron chi connectivity index (χ3n) is 1.94. The number of rotatable bonds is 5. The van der Waals surface area contributed by atoms with E-state index in [0.29, 0.717) is 16.6 Å². The first-order valence-electron chi connectivity index (χ1n) is 4.86. The summed E-state index contributed by atoms with van der Waals surface area (Å²) in [4.78, 5) is 0. The third-order valence-corrected chi connectivity index (χ3v) is 2.66. The van der Waals surface area contributed by atoms with E-state index in [1.807, 2.05) is 6.92 Å². The number of aliphatic hydroxyl groups excluding tert-OH is 1. The molecule has 84 valence electrons. The smallest absolute Gasteiger partial charge is 0.123 e. The fourth-order valence-electron chi connectivity index (χ4n) is 1.20. The van der Waals surface area contributed by atoms with E-state index in [1.54, 1.807) is 6.07 Å². The lowest BCUT2D eigenvalue weighted by atomic mass is 10.1. The quantitative estimate of drug-likeness (QED) is 0.838. The average molecular weight is 277 g/mol. The van der Waals surface area contributed by atoms with Gasteiger partial charge in [-0.2, -0.15) is 0 Å². The molecule has 0 radical (unpaired) electrons. The molecule has 0 saturated carbocycles. The van der Waals surface area contributed by atoms with Crippen molar-refractivity contribution in [1.82, 2.24) is 0 Å². The highest BCUT2D eigenvalue weighted by atomic mass is 79.9. The molecule has 0 fully saturated rings. The van der Waals surface area contributed by atoms with E-state index in [4.69, 9.17) is 4.74 Å². The summed E-state index contributed by atoms with van der Waals surface area (Å²) < 4.78 is 18.8. The first-order valence-corrected chi connectivity index (χ1v) is 5.65. The largest absolute Gasteiger partial charge is 0.386 e. The highest BCUT2D eigenvalue weighted by Crippen LogP contribution is 2.24. The van der Waals surface area contributed by atoms with Crippen molar-refractivity contribution in [1.29, 1.82) is 0 Å². The number of halogens is 2. The van der Waals surface area contributed by atoms with Gasteiger partial charge in [0.05, 0.1) is 6.61 Å². The lowest BCUT2D eigenvalue weighted by molar-refractivity contribution is 0.0359. The molecule has 1 atom stereocenters. The van der Waals surface area contributed by atoms with Crippen LogP contribution in [-0.2, 0) is 4.74 Å². The minimum Gasteiger partial charge on any atom is -0.386 e. The molecule has 2 nitrogen and oxygen atoms in total. The van der Waals surface area contributed by atoms with Gasteiger partial charge in [0.15, 0.2) is 0 Å². The van der Waals surface area contributed by atoms with Gasteiger partial charge in [-0.3, -0.25) is 0 Å². The third kappa shape index (κ3) is 3.89. The van der Waals surface area contributed by atoms with Crippen LogP contribution in [-0.4, -0.2) is 18.3 Å². The summed E-state index contributed by atoms with van der Waals surface area (Å²) in [6.07, 6.45) is 0.110. The minimum absolute atomic E-state index is 0.190. The molecule has 0 aliphatic rings. The summed E-state index contributed by atoms with van der Waals surface area (Å²) in [6.45, 7) is 2.78. The number of benzene rings is 1. The highest BCUT2D eigenvalue weighted by molar-refractivity contribution is 9.10. The van der Waals surface area contributed by atoms with E-state index in [-0.39, 0.29) is 12.4 Å². The van der Waals surface area contributed by atoms with Crippen molar-refractivity contribution in [2.24, 2.45) is 0 Å². The average Bonchev–Trinajstić information content (AvgIpc) is 2.22. The Morgan fingerprint density at radius 2 is 2.27 bits per heavy atom. The van der Waals surface area contributed by atoms with Gasteiger partial charge in [0, 0.05) is 11.1 Å². The van der Waals surface area contributed by atoms with Crippen LogP contribution in [0.5, 0.6) is 0 Å². The van der Waals surface area contributed by atoms with Crippen LogP contribution in [0.25, 0.3) is 0 Å². The molecule has 0 bridgehead atoms. The Kier molecular flexibility index (Phi) is 5.22. The van der Waals surface area contributed by atoms with Crippen molar-refractivity contribution in [2.75, 3.05) is 13.2 Å². The highest BCUT2D eigenvalue weighted by Gasteiger charge is 2.12. The predicted molar refractivity (Wildman–Crippen MR) is 60.2 cm³/mol. The Morgan fingerprint density at radius 1 is 1.53 bits per heavy atom. The topological polar surface area (TPSA) is 29.5 Å². The van der Waals surface area contributed by atoms with Gasteiger partial charge in [-0.15, -0.1) is 0 Å². The Hall–Kier alpha value is -0.450. The number of aliphatic hydroxyl groups is 1. The first-order chi connectivity index (χ1) is 7.15. The monoisotopic (exact) mass is 276 g/mol. The fraction of sp³-hybridized carbons (Fsp3) is 0.455. The SMILES string of the molecule is CCCOCC(O)c1cc(F)ccc1Br. The minimum atomic E-state index is -0.790.